The van der Waals surface area contributed by atoms with Gasteiger partial charge in [0.15, 0.2) is 5.65 Å². The molecule has 0 aliphatic heterocycles. The molecule has 0 bridgehead atoms. The summed E-state index contributed by atoms with van der Waals surface area (Å²) in [4.78, 5) is 4.59. The highest BCUT2D eigenvalue weighted by atomic mass is 19.4. The monoisotopic (exact) mass is 399 g/mol. The quantitative estimate of drug-likeness (QED) is 0.485. The maximum Gasteiger partial charge on any atom is 0.417 e. The number of benzene rings is 1. The average Bonchev–Trinajstić information content (AvgIpc) is 3.21. The average molecular weight is 399 g/mol. The van der Waals surface area contributed by atoms with Crippen LogP contribution in [0.2, 0.25) is 0 Å². The molecule has 0 aliphatic rings. The topological polar surface area (TPSA) is 48.5 Å². The smallest absolute Gasteiger partial charge is 0.269 e. The summed E-state index contributed by atoms with van der Waals surface area (Å²) in [6.45, 7) is 6.31. The molecular formula is C21H20F3N5. The Bertz CT molecular complexity index is 1170. The Morgan fingerprint density at radius 1 is 1.03 bits per heavy atom. The molecule has 0 spiro atoms. The first-order valence-electron chi connectivity index (χ1n) is 9.31. The van der Waals surface area contributed by atoms with Crippen molar-refractivity contribution in [1.29, 1.82) is 0 Å². The summed E-state index contributed by atoms with van der Waals surface area (Å²) in [7, 11) is 0. The van der Waals surface area contributed by atoms with Crippen LogP contribution in [0.5, 0.6) is 0 Å². The van der Waals surface area contributed by atoms with Crippen molar-refractivity contribution in [2.45, 2.75) is 40.0 Å². The van der Waals surface area contributed by atoms with Crippen molar-refractivity contribution in [2.75, 3.05) is 0 Å². The van der Waals surface area contributed by atoms with E-state index < -0.39 is 11.7 Å². The van der Waals surface area contributed by atoms with Crippen molar-refractivity contribution in [1.82, 2.24) is 24.5 Å². The van der Waals surface area contributed by atoms with Gasteiger partial charge in [0.2, 0.25) is 0 Å². The highest BCUT2D eigenvalue weighted by molar-refractivity contribution is 5.86. The third-order valence-corrected chi connectivity index (χ3v) is 5.04. The van der Waals surface area contributed by atoms with Crippen LogP contribution in [-0.4, -0.2) is 24.5 Å². The predicted molar refractivity (Wildman–Crippen MR) is 104 cm³/mol. The van der Waals surface area contributed by atoms with Crippen molar-refractivity contribution in [2.24, 2.45) is 0 Å². The van der Waals surface area contributed by atoms with Crippen LogP contribution in [0.15, 0.2) is 42.6 Å². The van der Waals surface area contributed by atoms with Crippen LogP contribution >= 0.6 is 0 Å². The van der Waals surface area contributed by atoms with Crippen LogP contribution in [0.1, 0.15) is 29.4 Å². The highest BCUT2D eigenvalue weighted by Crippen LogP contribution is 2.38. The molecule has 0 radical (unpaired) electrons. The Labute approximate surface area is 165 Å². The molecule has 29 heavy (non-hydrogen) atoms. The molecule has 1 aromatic carbocycles. The fourth-order valence-electron chi connectivity index (χ4n) is 3.60. The van der Waals surface area contributed by atoms with Gasteiger partial charge in [-0.15, -0.1) is 0 Å². The van der Waals surface area contributed by atoms with Crippen LogP contribution in [0.25, 0.3) is 22.3 Å². The molecule has 150 valence electrons. The van der Waals surface area contributed by atoms with Gasteiger partial charge in [-0.3, -0.25) is 4.68 Å². The van der Waals surface area contributed by atoms with E-state index >= 15 is 0 Å². The fourth-order valence-corrected chi connectivity index (χ4v) is 3.60. The summed E-state index contributed by atoms with van der Waals surface area (Å²) in [6.07, 6.45) is -2.95. The lowest BCUT2D eigenvalue weighted by molar-refractivity contribution is -0.136. The maximum absolute atomic E-state index is 13.9. The number of rotatable bonds is 4. The molecule has 0 fully saturated rings. The van der Waals surface area contributed by atoms with Crippen LogP contribution in [-0.2, 0) is 19.3 Å². The number of halogens is 3. The van der Waals surface area contributed by atoms with E-state index in [1.807, 2.05) is 44.2 Å². The zero-order chi connectivity index (χ0) is 20.8. The first-order valence-corrected chi connectivity index (χ1v) is 9.31. The Balaban J connectivity index is 1.96. The molecule has 0 amide bonds. The molecule has 5 nitrogen and oxygen atoms in total. The van der Waals surface area contributed by atoms with E-state index in [0.29, 0.717) is 24.3 Å². The summed E-state index contributed by atoms with van der Waals surface area (Å²) >= 11 is 0. The van der Waals surface area contributed by atoms with E-state index in [-0.39, 0.29) is 16.7 Å². The predicted octanol–water partition coefficient (Wildman–Crippen LogP) is 5.00. The summed E-state index contributed by atoms with van der Waals surface area (Å²) < 4.78 is 45.0. The molecular weight excluding hydrogens is 379 g/mol. The molecule has 4 rings (SSSR count). The Hall–Kier alpha value is -3.16. The van der Waals surface area contributed by atoms with Gasteiger partial charge in [0.05, 0.1) is 35.1 Å². The highest BCUT2D eigenvalue weighted by Gasteiger charge is 2.36. The summed E-state index contributed by atoms with van der Waals surface area (Å²) in [5.41, 5.74) is 2.35. The minimum absolute atomic E-state index is 0.0396. The van der Waals surface area contributed by atoms with Crippen molar-refractivity contribution in [3.8, 4) is 11.3 Å². The number of aryl methyl sites for hydroxylation is 2. The first kappa shape index (κ1) is 19.2. The van der Waals surface area contributed by atoms with Gasteiger partial charge >= 0.3 is 6.18 Å². The first-order chi connectivity index (χ1) is 13.8. The molecule has 0 saturated heterocycles. The van der Waals surface area contributed by atoms with E-state index in [2.05, 4.69) is 15.2 Å². The van der Waals surface area contributed by atoms with Gasteiger partial charge in [-0.2, -0.15) is 23.4 Å². The Morgan fingerprint density at radius 2 is 1.76 bits per heavy atom. The molecule has 4 aromatic rings. The number of hydrogen-bond donors (Lipinski definition) is 0. The molecule has 3 heterocycles. The fraction of sp³-hybridized carbons (Fsp3) is 0.286. The molecule has 0 aliphatic carbocycles. The SMILES string of the molecule is CCn1ncc(-c2cc(C(F)(F)F)c3c(C)nn(Cc4ccccc4)c3n2)c1C. The number of nitrogens with zero attached hydrogens (tertiary/aromatic N) is 5. The molecule has 8 heteroatoms. The van der Waals surface area contributed by atoms with E-state index in [4.69, 9.17) is 0 Å². The summed E-state index contributed by atoms with van der Waals surface area (Å²) in [6, 6.07) is 10.6. The standard InChI is InChI=1S/C21H20F3N5/c1-4-28-14(3)16(11-25-28)18-10-17(21(22,23)24)19-13(2)27-29(20(19)26-18)12-15-8-6-5-7-9-15/h5-11H,4,12H2,1-3H3. The molecule has 0 N–H and O–H groups in total. The number of pyridine rings is 1. The summed E-state index contributed by atoms with van der Waals surface area (Å²) in [5, 5.41) is 8.66. The van der Waals surface area contributed by atoms with Gasteiger partial charge in [0.25, 0.3) is 0 Å². The molecule has 0 saturated carbocycles. The van der Waals surface area contributed by atoms with Crippen LogP contribution < -0.4 is 0 Å². The second-order valence-corrected chi connectivity index (χ2v) is 6.94. The van der Waals surface area contributed by atoms with Gasteiger partial charge in [-0.05, 0) is 32.4 Å². The molecule has 0 unspecified atom stereocenters. The van der Waals surface area contributed by atoms with E-state index in [1.54, 1.807) is 17.8 Å². The zero-order valence-electron chi connectivity index (χ0n) is 16.3. The maximum atomic E-state index is 13.9. The second-order valence-electron chi connectivity index (χ2n) is 6.94. The van der Waals surface area contributed by atoms with Gasteiger partial charge in [0.1, 0.15) is 0 Å². The molecule has 3 aromatic heterocycles. The number of alkyl halides is 3. The third-order valence-electron chi connectivity index (χ3n) is 5.04. The van der Waals surface area contributed by atoms with E-state index in [0.717, 1.165) is 17.3 Å². The Kier molecular flexibility index (Phi) is 4.64. The number of fused-ring (bicyclic) bond motifs is 1. The minimum Gasteiger partial charge on any atom is -0.269 e. The number of aromatic nitrogens is 5. The summed E-state index contributed by atoms with van der Waals surface area (Å²) in [5.74, 6) is 0. The van der Waals surface area contributed by atoms with Gasteiger partial charge in [-0.1, -0.05) is 30.3 Å². The lowest BCUT2D eigenvalue weighted by Gasteiger charge is -2.12. The lowest BCUT2D eigenvalue weighted by Crippen LogP contribution is -2.09. The normalized spacial score (nSPS) is 12.1. The van der Waals surface area contributed by atoms with E-state index in [9.17, 15) is 13.2 Å². The van der Waals surface area contributed by atoms with Crippen molar-refractivity contribution in [3.63, 3.8) is 0 Å². The van der Waals surface area contributed by atoms with Gasteiger partial charge < -0.3 is 0 Å². The van der Waals surface area contributed by atoms with Gasteiger partial charge in [-0.25, -0.2) is 9.67 Å². The van der Waals surface area contributed by atoms with Gasteiger partial charge in [0, 0.05) is 17.8 Å². The van der Waals surface area contributed by atoms with Crippen LogP contribution in [0.4, 0.5) is 13.2 Å². The van der Waals surface area contributed by atoms with Crippen molar-refractivity contribution >= 4 is 11.0 Å². The van der Waals surface area contributed by atoms with Crippen LogP contribution in [0.3, 0.4) is 0 Å². The van der Waals surface area contributed by atoms with Crippen LogP contribution in [0, 0.1) is 13.8 Å². The zero-order valence-corrected chi connectivity index (χ0v) is 16.3. The lowest BCUT2D eigenvalue weighted by atomic mass is 10.1. The van der Waals surface area contributed by atoms with E-state index in [1.165, 1.54) is 4.68 Å². The largest absolute Gasteiger partial charge is 0.417 e. The third kappa shape index (κ3) is 3.39. The second kappa shape index (κ2) is 7.02. The Morgan fingerprint density at radius 3 is 2.38 bits per heavy atom. The van der Waals surface area contributed by atoms with Crippen molar-refractivity contribution < 1.29 is 13.2 Å². The number of hydrogen-bond acceptors (Lipinski definition) is 3. The minimum atomic E-state index is -4.52. The van der Waals surface area contributed by atoms with Crippen molar-refractivity contribution in [3.05, 3.63) is 65.1 Å². The molecule has 0 atom stereocenters.